The predicted octanol–water partition coefficient (Wildman–Crippen LogP) is 1.30. The molecule has 0 aromatic carbocycles. The topological polar surface area (TPSA) is 51.0 Å². The molecule has 1 aliphatic heterocycles. The van der Waals surface area contributed by atoms with Crippen LogP contribution in [0, 0.1) is 6.92 Å². The molecule has 5 heteroatoms. The van der Waals surface area contributed by atoms with E-state index in [2.05, 4.69) is 15.5 Å². The third-order valence-corrected chi connectivity index (χ3v) is 2.95. The number of rotatable bonds is 2. The first-order chi connectivity index (χ1) is 5.84. The monoisotopic (exact) mass is 185 g/mol. The van der Waals surface area contributed by atoms with Crippen molar-refractivity contribution in [2.24, 2.45) is 0 Å². The van der Waals surface area contributed by atoms with Crippen LogP contribution < -0.4 is 5.32 Å². The highest BCUT2D eigenvalue weighted by Gasteiger charge is 2.16. The third-order valence-electron chi connectivity index (χ3n) is 1.78. The lowest BCUT2D eigenvalue weighted by Gasteiger charge is -2.06. The summed E-state index contributed by atoms with van der Waals surface area (Å²) in [5.41, 5.74) is 0. The number of nitrogens with one attached hydrogen (secondary N) is 1. The molecule has 1 atom stereocenters. The van der Waals surface area contributed by atoms with E-state index in [1.807, 2.05) is 18.7 Å². The lowest BCUT2D eigenvalue weighted by Crippen LogP contribution is -2.18. The molecule has 0 saturated carbocycles. The lowest BCUT2D eigenvalue weighted by atomic mass is 10.3. The number of hydrogen-bond acceptors (Lipinski definition) is 5. The quantitative estimate of drug-likeness (QED) is 0.752. The van der Waals surface area contributed by atoms with Gasteiger partial charge in [0.15, 0.2) is 5.82 Å². The fourth-order valence-electron chi connectivity index (χ4n) is 1.18. The van der Waals surface area contributed by atoms with Gasteiger partial charge in [-0.2, -0.15) is 16.7 Å². The van der Waals surface area contributed by atoms with E-state index in [4.69, 9.17) is 4.52 Å². The van der Waals surface area contributed by atoms with Gasteiger partial charge in [0.2, 0.25) is 0 Å². The van der Waals surface area contributed by atoms with Crippen LogP contribution in [0.5, 0.6) is 0 Å². The van der Waals surface area contributed by atoms with Gasteiger partial charge in [-0.05, 0) is 19.1 Å². The van der Waals surface area contributed by atoms with Gasteiger partial charge in [-0.1, -0.05) is 5.16 Å². The van der Waals surface area contributed by atoms with Gasteiger partial charge in [-0.15, -0.1) is 0 Å². The normalized spacial score (nSPS) is 22.9. The first-order valence-corrected chi connectivity index (χ1v) is 5.14. The molecule has 1 aliphatic rings. The van der Waals surface area contributed by atoms with Gasteiger partial charge in [0.05, 0.1) is 0 Å². The van der Waals surface area contributed by atoms with Crippen molar-refractivity contribution >= 4 is 17.8 Å². The molecule has 2 heterocycles. The second kappa shape index (κ2) is 3.35. The molecule has 1 fully saturated rings. The summed E-state index contributed by atoms with van der Waals surface area (Å²) < 4.78 is 4.94. The van der Waals surface area contributed by atoms with Crippen molar-refractivity contribution in [3.63, 3.8) is 0 Å². The summed E-state index contributed by atoms with van der Waals surface area (Å²) in [6, 6.07) is 1.06. The molecule has 66 valence electrons. The Bertz CT molecular complexity index is 257. The van der Waals surface area contributed by atoms with Crippen molar-refractivity contribution in [1.29, 1.82) is 0 Å². The van der Waals surface area contributed by atoms with E-state index in [9.17, 15) is 0 Å². The summed E-state index contributed by atoms with van der Waals surface area (Å²) in [4.78, 5) is 4.08. The standard InChI is InChI=1S/C7H11N3OS/c1-5-8-7(11-10-5)9-6-2-3-12-4-6/h6H,2-4H2,1H3,(H,8,9,10). The van der Waals surface area contributed by atoms with E-state index in [0.717, 1.165) is 5.75 Å². The van der Waals surface area contributed by atoms with Crippen molar-refractivity contribution in [2.75, 3.05) is 16.8 Å². The van der Waals surface area contributed by atoms with E-state index in [1.165, 1.54) is 12.2 Å². The van der Waals surface area contributed by atoms with Crippen LogP contribution in [0.2, 0.25) is 0 Å². The molecular weight excluding hydrogens is 174 g/mol. The predicted molar refractivity (Wildman–Crippen MR) is 48.4 cm³/mol. The Morgan fingerprint density at radius 3 is 3.17 bits per heavy atom. The van der Waals surface area contributed by atoms with Crippen LogP contribution in [-0.4, -0.2) is 27.7 Å². The number of thioether (sulfide) groups is 1. The molecule has 2 rings (SSSR count). The van der Waals surface area contributed by atoms with E-state index >= 15 is 0 Å². The highest BCUT2D eigenvalue weighted by atomic mass is 32.2. The second-order valence-electron chi connectivity index (χ2n) is 2.85. The molecule has 0 aliphatic carbocycles. The fraction of sp³-hybridized carbons (Fsp3) is 0.714. The van der Waals surface area contributed by atoms with E-state index in [1.54, 1.807) is 0 Å². The van der Waals surface area contributed by atoms with Crippen LogP contribution in [0.1, 0.15) is 12.2 Å². The lowest BCUT2D eigenvalue weighted by molar-refractivity contribution is 0.422. The van der Waals surface area contributed by atoms with Crippen molar-refractivity contribution in [1.82, 2.24) is 10.1 Å². The summed E-state index contributed by atoms with van der Waals surface area (Å²) in [5, 5.41) is 6.90. The maximum atomic E-state index is 4.94. The van der Waals surface area contributed by atoms with Crippen LogP contribution in [-0.2, 0) is 0 Å². The first-order valence-electron chi connectivity index (χ1n) is 3.99. The van der Waals surface area contributed by atoms with Gasteiger partial charge in [-0.3, -0.25) is 0 Å². The number of nitrogens with zero attached hydrogens (tertiary/aromatic N) is 2. The zero-order valence-electron chi connectivity index (χ0n) is 6.91. The van der Waals surface area contributed by atoms with Crippen LogP contribution in [0.25, 0.3) is 0 Å². The molecule has 12 heavy (non-hydrogen) atoms. The van der Waals surface area contributed by atoms with Crippen molar-refractivity contribution in [3.8, 4) is 0 Å². The van der Waals surface area contributed by atoms with E-state index in [0.29, 0.717) is 17.9 Å². The minimum absolute atomic E-state index is 0.509. The maximum absolute atomic E-state index is 4.94. The largest absolute Gasteiger partial charge is 0.334 e. The summed E-state index contributed by atoms with van der Waals surface area (Å²) in [7, 11) is 0. The average molecular weight is 185 g/mol. The molecule has 1 saturated heterocycles. The Labute approximate surface area is 75.1 Å². The number of aryl methyl sites for hydroxylation is 1. The van der Waals surface area contributed by atoms with Gasteiger partial charge >= 0.3 is 6.01 Å². The molecule has 0 spiro atoms. The van der Waals surface area contributed by atoms with Gasteiger partial charge in [0.1, 0.15) is 0 Å². The molecule has 0 amide bonds. The minimum atomic E-state index is 0.509. The molecular formula is C7H11N3OS. The highest BCUT2D eigenvalue weighted by Crippen LogP contribution is 2.20. The summed E-state index contributed by atoms with van der Waals surface area (Å²) in [5.74, 6) is 3.05. The number of anilines is 1. The van der Waals surface area contributed by atoms with Crippen LogP contribution in [0.4, 0.5) is 6.01 Å². The number of hydrogen-bond donors (Lipinski definition) is 1. The molecule has 1 aromatic rings. The minimum Gasteiger partial charge on any atom is -0.334 e. The Balaban J connectivity index is 1.94. The highest BCUT2D eigenvalue weighted by molar-refractivity contribution is 7.99. The van der Waals surface area contributed by atoms with Crippen molar-refractivity contribution in [3.05, 3.63) is 5.82 Å². The maximum Gasteiger partial charge on any atom is 0.321 e. The third kappa shape index (κ3) is 1.72. The number of aromatic nitrogens is 2. The Morgan fingerprint density at radius 2 is 2.58 bits per heavy atom. The summed E-state index contributed by atoms with van der Waals surface area (Å²) in [6.07, 6.45) is 1.19. The summed E-state index contributed by atoms with van der Waals surface area (Å²) >= 11 is 1.96. The SMILES string of the molecule is Cc1noc(NC2CCSC2)n1. The van der Waals surface area contributed by atoms with Crippen LogP contribution in [0.3, 0.4) is 0 Å². The smallest absolute Gasteiger partial charge is 0.321 e. The second-order valence-corrected chi connectivity index (χ2v) is 4.00. The zero-order chi connectivity index (χ0) is 8.39. The van der Waals surface area contributed by atoms with Gasteiger partial charge < -0.3 is 9.84 Å². The molecule has 4 nitrogen and oxygen atoms in total. The zero-order valence-corrected chi connectivity index (χ0v) is 7.73. The molecule has 1 aromatic heterocycles. The molecule has 0 radical (unpaired) electrons. The average Bonchev–Trinajstić information content (AvgIpc) is 2.63. The first kappa shape index (κ1) is 7.91. The fourth-order valence-corrected chi connectivity index (χ4v) is 2.33. The Morgan fingerprint density at radius 1 is 1.67 bits per heavy atom. The Kier molecular flexibility index (Phi) is 2.21. The van der Waals surface area contributed by atoms with Crippen LogP contribution in [0.15, 0.2) is 4.52 Å². The van der Waals surface area contributed by atoms with E-state index < -0.39 is 0 Å². The molecule has 0 bridgehead atoms. The Hall–Kier alpha value is -0.710. The van der Waals surface area contributed by atoms with Crippen LogP contribution >= 0.6 is 11.8 Å². The molecule has 1 N–H and O–H groups in total. The van der Waals surface area contributed by atoms with Gasteiger partial charge in [0.25, 0.3) is 0 Å². The van der Waals surface area contributed by atoms with Gasteiger partial charge in [-0.25, -0.2) is 0 Å². The van der Waals surface area contributed by atoms with Crippen molar-refractivity contribution < 1.29 is 4.52 Å². The summed E-state index contributed by atoms with van der Waals surface area (Å²) in [6.45, 7) is 1.82. The molecule has 1 unspecified atom stereocenters. The van der Waals surface area contributed by atoms with E-state index in [-0.39, 0.29) is 0 Å². The van der Waals surface area contributed by atoms with Gasteiger partial charge in [0, 0.05) is 11.8 Å². The van der Waals surface area contributed by atoms with Crippen molar-refractivity contribution in [2.45, 2.75) is 19.4 Å².